The molecule has 3 rings (SSSR count). The number of hydrogen-bond acceptors (Lipinski definition) is 3. The van der Waals surface area contributed by atoms with E-state index in [1.54, 1.807) is 19.2 Å². The van der Waals surface area contributed by atoms with Crippen LogP contribution in [0.4, 0.5) is 0 Å². The van der Waals surface area contributed by atoms with Crippen molar-refractivity contribution in [3.63, 3.8) is 0 Å². The monoisotopic (exact) mass is 347 g/mol. The molecule has 0 unspecified atom stereocenters. The van der Waals surface area contributed by atoms with Gasteiger partial charge in [0.05, 0.1) is 12.7 Å². The molecule has 4 heteroatoms. The summed E-state index contributed by atoms with van der Waals surface area (Å²) in [6, 6.07) is 24.5. The maximum absolute atomic E-state index is 12.5. The number of amides is 1. The standard InChI is InChI=1S/C22H21NO3/c1-25-18-13-11-17(12-14-18)15-16-23-22(24)20-9-5-6-10-21(20)26-19-7-3-2-4-8-19/h2-14H,15-16H2,1H3,(H,23,24). The van der Waals surface area contributed by atoms with Crippen molar-refractivity contribution in [2.75, 3.05) is 13.7 Å². The summed E-state index contributed by atoms with van der Waals surface area (Å²) in [6.07, 6.45) is 0.747. The molecule has 26 heavy (non-hydrogen) atoms. The van der Waals surface area contributed by atoms with Crippen LogP contribution < -0.4 is 14.8 Å². The summed E-state index contributed by atoms with van der Waals surface area (Å²) in [5.74, 6) is 1.92. The molecule has 0 spiro atoms. The minimum absolute atomic E-state index is 0.148. The lowest BCUT2D eigenvalue weighted by atomic mass is 10.1. The van der Waals surface area contributed by atoms with E-state index in [2.05, 4.69) is 5.32 Å². The molecular formula is C22H21NO3. The van der Waals surface area contributed by atoms with Gasteiger partial charge in [0, 0.05) is 6.54 Å². The fraction of sp³-hybridized carbons (Fsp3) is 0.136. The first-order chi connectivity index (χ1) is 12.8. The number of ether oxygens (including phenoxy) is 2. The fourth-order valence-corrected chi connectivity index (χ4v) is 2.57. The van der Waals surface area contributed by atoms with Gasteiger partial charge in [0.25, 0.3) is 5.91 Å². The molecule has 0 radical (unpaired) electrons. The molecule has 0 fully saturated rings. The van der Waals surface area contributed by atoms with Crippen molar-refractivity contribution in [1.29, 1.82) is 0 Å². The number of nitrogens with one attached hydrogen (secondary N) is 1. The lowest BCUT2D eigenvalue weighted by Crippen LogP contribution is -2.26. The minimum atomic E-state index is -0.148. The normalized spacial score (nSPS) is 10.2. The summed E-state index contributed by atoms with van der Waals surface area (Å²) >= 11 is 0. The average molecular weight is 347 g/mol. The quantitative estimate of drug-likeness (QED) is 0.686. The highest BCUT2D eigenvalue weighted by Crippen LogP contribution is 2.24. The van der Waals surface area contributed by atoms with Crippen molar-refractivity contribution < 1.29 is 14.3 Å². The Morgan fingerprint density at radius 3 is 2.27 bits per heavy atom. The van der Waals surface area contributed by atoms with Gasteiger partial charge in [-0.05, 0) is 48.4 Å². The third-order valence-electron chi connectivity index (χ3n) is 3.96. The minimum Gasteiger partial charge on any atom is -0.497 e. The summed E-state index contributed by atoms with van der Waals surface area (Å²) in [5, 5.41) is 2.95. The molecular weight excluding hydrogens is 326 g/mol. The zero-order valence-electron chi connectivity index (χ0n) is 14.6. The van der Waals surface area contributed by atoms with E-state index in [1.807, 2.05) is 66.7 Å². The smallest absolute Gasteiger partial charge is 0.255 e. The number of hydrogen-bond donors (Lipinski definition) is 1. The molecule has 3 aromatic carbocycles. The van der Waals surface area contributed by atoms with Crippen molar-refractivity contribution in [3.8, 4) is 17.2 Å². The molecule has 0 heterocycles. The zero-order valence-corrected chi connectivity index (χ0v) is 14.6. The summed E-state index contributed by atoms with van der Waals surface area (Å²) in [5.41, 5.74) is 1.66. The SMILES string of the molecule is COc1ccc(CCNC(=O)c2ccccc2Oc2ccccc2)cc1. The second-order valence-electron chi connectivity index (χ2n) is 5.77. The lowest BCUT2D eigenvalue weighted by Gasteiger charge is -2.11. The summed E-state index contributed by atoms with van der Waals surface area (Å²) in [4.78, 5) is 12.5. The highest BCUT2D eigenvalue weighted by atomic mass is 16.5. The molecule has 0 saturated carbocycles. The van der Waals surface area contributed by atoms with Gasteiger partial charge in [-0.2, -0.15) is 0 Å². The Balaban J connectivity index is 1.60. The van der Waals surface area contributed by atoms with Crippen LogP contribution in [-0.2, 0) is 6.42 Å². The van der Waals surface area contributed by atoms with Gasteiger partial charge < -0.3 is 14.8 Å². The van der Waals surface area contributed by atoms with Crippen LogP contribution in [0, 0.1) is 0 Å². The third-order valence-corrected chi connectivity index (χ3v) is 3.96. The Morgan fingerprint density at radius 2 is 1.54 bits per heavy atom. The molecule has 0 aliphatic carbocycles. The average Bonchev–Trinajstić information content (AvgIpc) is 2.69. The van der Waals surface area contributed by atoms with Crippen LogP contribution in [0.25, 0.3) is 0 Å². The van der Waals surface area contributed by atoms with Gasteiger partial charge in [0.15, 0.2) is 0 Å². The number of para-hydroxylation sites is 2. The first-order valence-corrected chi connectivity index (χ1v) is 8.49. The van der Waals surface area contributed by atoms with E-state index in [9.17, 15) is 4.79 Å². The summed E-state index contributed by atoms with van der Waals surface area (Å²) in [7, 11) is 1.64. The Bertz CT molecular complexity index is 845. The molecule has 0 atom stereocenters. The second-order valence-corrected chi connectivity index (χ2v) is 5.77. The molecule has 4 nitrogen and oxygen atoms in total. The van der Waals surface area contributed by atoms with E-state index in [0.717, 1.165) is 17.7 Å². The number of benzene rings is 3. The van der Waals surface area contributed by atoms with Crippen LogP contribution in [0.1, 0.15) is 15.9 Å². The topological polar surface area (TPSA) is 47.6 Å². The molecule has 0 bridgehead atoms. The van der Waals surface area contributed by atoms with Crippen LogP contribution in [-0.4, -0.2) is 19.6 Å². The van der Waals surface area contributed by atoms with Crippen molar-refractivity contribution >= 4 is 5.91 Å². The number of rotatable bonds is 7. The summed E-state index contributed by atoms with van der Waals surface area (Å²) < 4.78 is 11.0. The molecule has 0 saturated heterocycles. The number of carbonyl (C=O) groups excluding carboxylic acids is 1. The molecule has 1 amide bonds. The predicted octanol–water partition coefficient (Wildman–Crippen LogP) is 4.46. The van der Waals surface area contributed by atoms with E-state index in [4.69, 9.17) is 9.47 Å². The Labute approximate surface area is 153 Å². The zero-order chi connectivity index (χ0) is 18.2. The van der Waals surface area contributed by atoms with Gasteiger partial charge in [-0.3, -0.25) is 4.79 Å². The maximum atomic E-state index is 12.5. The first-order valence-electron chi connectivity index (χ1n) is 8.49. The van der Waals surface area contributed by atoms with E-state index < -0.39 is 0 Å². The van der Waals surface area contributed by atoms with Crippen LogP contribution in [0.2, 0.25) is 0 Å². The molecule has 1 N–H and O–H groups in total. The van der Waals surface area contributed by atoms with Gasteiger partial charge in [0.2, 0.25) is 0 Å². The molecule has 3 aromatic rings. The Hall–Kier alpha value is -3.27. The Kier molecular flexibility index (Phi) is 5.88. The van der Waals surface area contributed by atoms with Crippen molar-refractivity contribution in [1.82, 2.24) is 5.32 Å². The fourth-order valence-electron chi connectivity index (χ4n) is 2.57. The van der Waals surface area contributed by atoms with Gasteiger partial charge in [0.1, 0.15) is 17.2 Å². The number of carbonyl (C=O) groups is 1. The van der Waals surface area contributed by atoms with Gasteiger partial charge in [-0.15, -0.1) is 0 Å². The van der Waals surface area contributed by atoms with Crippen molar-refractivity contribution in [2.45, 2.75) is 6.42 Å². The molecule has 0 aromatic heterocycles. The van der Waals surface area contributed by atoms with Crippen molar-refractivity contribution in [2.24, 2.45) is 0 Å². The van der Waals surface area contributed by atoms with Gasteiger partial charge in [-0.1, -0.05) is 42.5 Å². The van der Waals surface area contributed by atoms with Gasteiger partial charge in [-0.25, -0.2) is 0 Å². The molecule has 0 aliphatic heterocycles. The highest BCUT2D eigenvalue weighted by Gasteiger charge is 2.12. The van der Waals surface area contributed by atoms with E-state index in [-0.39, 0.29) is 5.91 Å². The third kappa shape index (κ3) is 4.63. The largest absolute Gasteiger partial charge is 0.497 e. The summed E-state index contributed by atoms with van der Waals surface area (Å²) in [6.45, 7) is 0.546. The highest BCUT2D eigenvalue weighted by molar-refractivity contribution is 5.97. The second kappa shape index (κ2) is 8.72. The number of methoxy groups -OCH3 is 1. The maximum Gasteiger partial charge on any atom is 0.255 e. The molecule has 0 aliphatic rings. The molecule has 132 valence electrons. The van der Waals surface area contributed by atoms with E-state index in [0.29, 0.717) is 23.6 Å². The van der Waals surface area contributed by atoms with Crippen LogP contribution in [0.5, 0.6) is 17.2 Å². The van der Waals surface area contributed by atoms with Gasteiger partial charge >= 0.3 is 0 Å². The Morgan fingerprint density at radius 1 is 0.846 bits per heavy atom. The predicted molar refractivity (Wildman–Crippen MR) is 102 cm³/mol. The first kappa shape index (κ1) is 17.5. The van der Waals surface area contributed by atoms with Crippen LogP contribution in [0.15, 0.2) is 78.9 Å². The lowest BCUT2D eigenvalue weighted by molar-refractivity contribution is 0.0952. The van der Waals surface area contributed by atoms with E-state index in [1.165, 1.54) is 0 Å². The van der Waals surface area contributed by atoms with Crippen LogP contribution >= 0.6 is 0 Å². The van der Waals surface area contributed by atoms with Crippen LogP contribution in [0.3, 0.4) is 0 Å². The van der Waals surface area contributed by atoms with E-state index >= 15 is 0 Å². The van der Waals surface area contributed by atoms with Crippen molar-refractivity contribution in [3.05, 3.63) is 90.0 Å².